The van der Waals surface area contributed by atoms with Gasteiger partial charge in [0.2, 0.25) is 0 Å². The van der Waals surface area contributed by atoms with Crippen molar-refractivity contribution < 1.29 is 20.5 Å². The minimum atomic E-state index is -0.556. The summed E-state index contributed by atoms with van der Waals surface area (Å²) in [5.74, 6) is 0. The Morgan fingerprint density at radius 2 is 1.30 bits per heavy atom. The zero-order valence-corrected chi connectivity index (χ0v) is 19.8. The molecule has 0 aromatic rings. The third-order valence-corrected chi connectivity index (χ3v) is 6.23. The van der Waals surface area contributed by atoms with Crippen LogP contribution in [0.5, 0.6) is 0 Å². The van der Waals surface area contributed by atoms with Crippen LogP contribution in [0.3, 0.4) is 0 Å². The summed E-state index contributed by atoms with van der Waals surface area (Å²) in [5, 5.41) is 0. The number of carbonyl (C=O) groups excluding carboxylic acids is 1. The van der Waals surface area contributed by atoms with Crippen molar-refractivity contribution in [2.45, 2.75) is 78.0 Å². The van der Waals surface area contributed by atoms with Crippen molar-refractivity contribution in [1.29, 1.82) is 0 Å². The summed E-state index contributed by atoms with van der Waals surface area (Å²) >= 11 is -0.556. The van der Waals surface area contributed by atoms with Gasteiger partial charge in [-0.3, -0.25) is 4.79 Å². The summed E-state index contributed by atoms with van der Waals surface area (Å²) in [5.41, 5.74) is 1.66. The molecule has 1 rings (SSSR count). The molecule has 1 saturated carbocycles. The fourth-order valence-electron chi connectivity index (χ4n) is 2.33. The first kappa shape index (κ1) is 26.6. The van der Waals surface area contributed by atoms with E-state index in [1.165, 1.54) is 19.3 Å². The number of carbonyl (C=O) groups is 1. The van der Waals surface area contributed by atoms with Gasteiger partial charge in [-0.25, -0.2) is 0 Å². The van der Waals surface area contributed by atoms with Gasteiger partial charge in [0.1, 0.15) is 0 Å². The number of hydrogen-bond acceptors (Lipinski definition) is 1. The molecule has 137 valence electrons. The molecule has 5 radical (unpaired) electrons. The summed E-state index contributed by atoms with van der Waals surface area (Å²) in [6.45, 7) is 11.0. The third-order valence-electron chi connectivity index (χ3n) is 3.20. The molecule has 1 fully saturated rings. The SMILES string of the molecule is CCCCCCC(=O)P(C(C)C)C(C)C.[CH]1[CH][CH][CH][CH]1.[Cl][Ir+][Cl]. The molecule has 1 nitrogen and oxygen atoms in total. The molecule has 0 N–H and O–H groups in total. The molecule has 0 spiro atoms. The van der Waals surface area contributed by atoms with Gasteiger partial charge in [0.05, 0.1) is 0 Å². The minimum absolute atomic E-state index is 0.400. The predicted molar refractivity (Wildman–Crippen MR) is 104 cm³/mol. The van der Waals surface area contributed by atoms with Crippen molar-refractivity contribution in [2.24, 2.45) is 0 Å². The molecule has 1 aliphatic rings. The Kier molecular flexibility index (Phi) is 22.7. The van der Waals surface area contributed by atoms with Crippen LogP contribution in [0.25, 0.3) is 0 Å². The molecule has 0 aromatic heterocycles. The Labute approximate surface area is 162 Å². The average Bonchev–Trinajstić information content (AvgIpc) is 3.03. The van der Waals surface area contributed by atoms with Crippen LogP contribution in [0.1, 0.15) is 66.7 Å². The van der Waals surface area contributed by atoms with Gasteiger partial charge in [-0.15, -0.1) is 0 Å². The standard InChI is InChI=1S/C13H27OP.C5H5.2ClH.Ir/c1-6-7-8-9-10-13(14)15(11(2)3)12(4)5;1-2-4-5-3-1;;;/h11-12H,6-10H2,1-5H3;1-5H;2*1H;/q;;;;+3/p-2. The van der Waals surface area contributed by atoms with E-state index < -0.39 is 23.6 Å². The van der Waals surface area contributed by atoms with Crippen LogP contribution in [0, 0.1) is 32.1 Å². The summed E-state index contributed by atoms with van der Waals surface area (Å²) in [7, 11) is 9.38. The van der Waals surface area contributed by atoms with Gasteiger partial charge >= 0.3 is 34.8 Å². The molecule has 1 aliphatic carbocycles. The van der Waals surface area contributed by atoms with Crippen LogP contribution < -0.4 is 0 Å². The van der Waals surface area contributed by atoms with E-state index in [1.807, 2.05) is 32.1 Å². The number of hydrogen-bond donors (Lipinski definition) is 0. The van der Waals surface area contributed by atoms with Gasteiger partial charge in [0, 0.05) is 6.42 Å². The fourth-order valence-corrected chi connectivity index (χ4v) is 5.09. The maximum absolute atomic E-state index is 12.0. The molecule has 0 heterocycles. The van der Waals surface area contributed by atoms with Crippen LogP contribution >= 0.6 is 27.1 Å². The van der Waals surface area contributed by atoms with Crippen molar-refractivity contribution in [2.75, 3.05) is 0 Å². The molecule has 23 heavy (non-hydrogen) atoms. The van der Waals surface area contributed by atoms with E-state index in [4.69, 9.17) is 19.2 Å². The number of halogens is 2. The normalized spacial score (nSPS) is 13.8. The summed E-state index contributed by atoms with van der Waals surface area (Å²) < 4.78 is 0. The molecule has 0 aromatic carbocycles. The fraction of sp³-hybridized carbons (Fsp3) is 0.667. The Morgan fingerprint density at radius 1 is 0.913 bits per heavy atom. The quantitative estimate of drug-likeness (QED) is 0.228. The topological polar surface area (TPSA) is 17.1 Å². The van der Waals surface area contributed by atoms with Crippen LogP contribution in [0.15, 0.2) is 0 Å². The van der Waals surface area contributed by atoms with Crippen molar-refractivity contribution in [3.8, 4) is 0 Å². The zero-order chi connectivity index (χ0) is 18.1. The molecular weight excluding hydrogens is 526 g/mol. The molecular formula is C18H32Cl2IrOP+. The Balaban J connectivity index is 0. The van der Waals surface area contributed by atoms with Crippen LogP contribution in [0.4, 0.5) is 0 Å². The van der Waals surface area contributed by atoms with Gasteiger partial charge < -0.3 is 0 Å². The molecule has 0 saturated heterocycles. The van der Waals surface area contributed by atoms with Gasteiger partial charge in [-0.1, -0.05) is 53.9 Å². The predicted octanol–water partition coefficient (Wildman–Crippen LogP) is 7.18. The van der Waals surface area contributed by atoms with E-state index >= 15 is 0 Å². The van der Waals surface area contributed by atoms with Crippen LogP contribution in [-0.4, -0.2) is 16.8 Å². The van der Waals surface area contributed by atoms with Crippen molar-refractivity contribution in [1.82, 2.24) is 0 Å². The first-order valence-corrected chi connectivity index (χ1v) is 15.6. The molecule has 0 bridgehead atoms. The molecule has 5 heteroatoms. The van der Waals surface area contributed by atoms with E-state index in [2.05, 4.69) is 34.6 Å². The van der Waals surface area contributed by atoms with Crippen LogP contribution in [0.2, 0.25) is 0 Å². The van der Waals surface area contributed by atoms with Crippen molar-refractivity contribution >= 4 is 32.6 Å². The number of rotatable bonds is 8. The summed E-state index contributed by atoms with van der Waals surface area (Å²) in [6, 6.07) is 0. The molecule has 0 amide bonds. The molecule has 0 atom stereocenters. The average molecular weight is 559 g/mol. The van der Waals surface area contributed by atoms with E-state index in [1.54, 1.807) is 0 Å². The first-order valence-electron chi connectivity index (χ1n) is 8.23. The van der Waals surface area contributed by atoms with Gasteiger partial charge in [-0.2, -0.15) is 0 Å². The van der Waals surface area contributed by atoms with Gasteiger partial charge in [0.15, 0.2) is 5.52 Å². The molecule has 0 unspecified atom stereocenters. The zero-order valence-electron chi connectivity index (χ0n) is 15.0. The number of unbranched alkanes of at least 4 members (excludes halogenated alkanes) is 3. The summed E-state index contributed by atoms with van der Waals surface area (Å²) in [4.78, 5) is 12.0. The monoisotopic (exact) mass is 558 g/mol. The third kappa shape index (κ3) is 17.9. The van der Waals surface area contributed by atoms with E-state index in [9.17, 15) is 4.79 Å². The Morgan fingerprint density at radius 3 is 1.61 bits per heavy atom. The van der Waals surface area contributed by atoms with Crippen molar-refractivity contribution in [3.05, 3.63) is 32.1 Å². The second-order valence-electron chi connectivity index (χ2n) is 5.81. The Hall–Kier alpha value is 1.33. The second kappa shape index (κ2) is 19.7. The molecule has 0 aliphatic heterocycles. The van der Waals surface area contributed by atoms with E-state index in [-0.39, 0.29) is 0 Å². The maximum atomic E-state index is 12.0. The van der Waals surface area contributed by atoms with E-state index in [0.29, 0.717) is 16.8 Å². The first-order chi connectivity index (χ1) is 10.9. The van der Waals surface area contributed by atoms with Crippen LogP contribution in [-0.2, 0) is 20.5 Å². The van der Waals surface area contributed by atoms with Gasteiger partial charge in [0.25, 0.3) is 0 Å². The summed E-state index contributed by atoms with van der Waals surface area (Å²) in [6.07, 6.45) is 15.7. The van der Waals surface area contributed by atoms with Crippen molar-refractivity contribution in [3.63, 3.8) is 0 Å². The van der Waals surface area contributed by atoms with E-state index in [0.717, 1.165) is 12.8 Å². The Bertz CT molecular complexity index is 244. The van der Waals surface area contributed by atoms with Gasteiger partial charge in [-0.05, 0) is 57.8 Å². The second-order valence-corrected chi connectivity index (χ2v) is 12.6.